The van der Waals surface area contributed by atoms with Gasteiger partial charge in [0.2, 0.25) is 41.4 Å². The number of hydrogen-bond donors (Lipinski definition) is 8. The standard InChI is InChI=1S/C55H60N8O9/c56-27-13-12-22-43-50(66)59-44(28-35-23-25-39(26-24-35)72-33-36-16-6-2-7-17-36)51(67)61-46(29-34-14-4-1-5-15-34)55(71)63-32-38(64)30-47(63)53(69)62-48(37-18-8-3-9-19-37)54(70)60-45(52(68)58-43)31-41-40-20-10-11-21-42(40)57-49(41)65/h1-11,14-21,23-26,38,41,43-48,64H,12-13,22,27-33,56H2,(H,57,65)(H,58,68)(H,59,66)(H,60,70)(H,61,67)(H,62,69)/t38?,41?,43-,44-,45+,46-,47-,48-/m0/s1. The molecule has 8 rings (SSSR count). The van der Waals surface area contributed by atoms with Crippen molar-refractivity contribution in [3.8, 4) is 5.75 Å². The number of rotatable bonds is 14. The highest BCUT2D eigenvalue weighted by atomic mass is 16.5. The van der Waals surface area contributed by atoms with Crippen LogP contribution in [0.4, 0.5) is 5.69 Å². The fraction of sp³-hybridized carbons (Fsp3) is 0.327. The van der Waals surface area contributed by atoms with Crippen molar-refractivity contribution in [2.45, 2.75) is 99.8 Å². The molecule has 0 bridgehead atoms. The first-order chi connectivity index (χ1) is 34.9. The van der Waals surface area contributed by atoms with E-state index in [1.807, 2.05) is 36.4 Å². The number of para-hydroxylation sites is 1. The molecule has 17 heteroatoms. The molecule has 374 valence electrons. The van der Waals surface area contributed by atoms with Gasteiger partial charge in [-0.2, -0.15) is 0 Å². The zero-order chi connectivity index (χ0) is 50.6. The Balaban J connectivity index is 1.17. The number of nitrogens with zero attached hydrogens (tertiary/aromatic N) is 1. The second kappa shape index (κ2) is 23.8. The number of nitrogens with one attached hydrogen (secondary N) is 6. The molecule has 5 aromatic carbocycles. The molecule has 0 saturated carbocycles. The third-order valence-electron chi connectivity index (χ3n) is 13.3. The predicted molar refractivity (Wildman–Crippen MR) is 268 cm³/mol. The number of aliphatic hydroxyl groups excluding tert-OH is 1. The molecule has 8 atom stereocenters. The van der Waals surface area contributed by atoms with E-state index in [-0.39, 0.29) is 38.6 Å². The number of carbonyl (C=O) groups excluding carboxylic acids is 7. The van der Waals surface area contributed by atoms with Gasteiger partial charge in [0.25, 0.3) is 0 Å². The van der Waals surface area contributed by atoms with Gasteiger partial charge in [-0.15, -0.1) is 0 Å². The van der Waals surface area contributed by atoms with E-state index in [4.69, 9.17) is 10.5 Å². The van der Waals surface area contributed by atoms with Gasteiger partial charge in [-0.3, -0.25) is 33.6 Å². The first-order valence-electron chi connectivity index (χ1n) is 24.4. The Morgan fingerprint density at radius 2 is 1.12 bits per heavy atom. The van der Waals surface area contributed by atoms with Crippen molar-refractivity contribution in [3.63, 3.8) is 0 Å². The van der Waals surface area contributed by atoms with Gasteiger partial charge in [0.1, 0.15) is 48.6 Å². The summed E-state index contributed by atoms with van der Waals surface area (Å²) in [4.78, 5) is 103. The Bertz CT molecular complexity index is 2710. The number of amides is 7. The molecule has 2 saturated heterocycles. The summed E-state index contributed by atoms with van der Waals surface area (Å²) in [6.07, 6.45) is -0.646. The zero-order valence-electron chi connectivity index (χ0n) is 39.7. The van der Waals surface area contributed by atoms with Gasteiger partial charge >= 0.3 is 0 Å². The van der Waals surface area contributed by atoms with E-state index in [0.717, 1.165) is 5.56 Å². The smallest absolute Gasteiger partial charge is 0.247 e. The Hall–Kier alpha value is -7.89. The van der Waals surface area contributed by atoms with Gasteiger partial charge in [0, 0.05) is 31.5 Å². The number of aliphatic hydroxyl groups is 1. The maximum absolute atomic E-state index is 14.9. The lowest BCUT2D eigenvalue weighted by Crippen LogP contribution is -2.61. The summed E-state index contributed by atoms with van der Waals surface area (Å²) in [6.45, 7) is 0.369. The molecular formula is C55H60N8O9. The van der Waals surface area contributed by atoms with Crippen molar-refractivity contribution >= 4 is 47.0 Å². The number of anilines is 1. The second-order valence-electron chi connectivity index (χ2n) is 18.5. The van der Waals surface area contributed by atoms with Crippen LogP contribution < -0.4 is 42.4 Å². The molecule has 2 fully saturated rings. The number of fused-ring (bicyclic) bond motifs is 2. The molecule has 3 aliphatic heterocycles. The van der Waals surface area contributed by atoms with Crippen LogP contribution in [0.15, 0.2) is 140 Å². The minimum absolute atomic E-state index is 0.0157. The fourth-order valence-corrected chi connectivity index (χ4v) is 9.46. The summed E-state index contributed by atoms with van der Waals surface area (Å²) in [6, 6.07) is 32.9. The van der Waals surface area contributed by atoms with E-state index in [0.29, 0.717) is 59.7 Å². The third-order valence-corrected chi connectivity index (χ3v) is 13.3. The van der Waals surface area contributed by atoms with Crippen LogP contribution in [0, 0.1) is 0 Å². The minimum atomic E-state index is -1.45. The topological polar surface area (TPSA) is 250 Å². The predicted octanol–water partition coefficient (Wildman–Crippen LogP) is 3.08. The quantitative estimate of drug-likeness (QED) is 0.0756. The van der Waals surface area contributed by atoms with Crippen LogP contribution in [0.5, 0.6) is 5.75 Å². The van der Waals surface area contributed by atoms with Crippen molar-refractivity contribution in [1.29, 1.82) is 0 Å². The van der Waals surface area contributed by atoms with E-state index in [1.165, 1.54) is 4.90 Å². The van der Waals surface area contributed by atoms with Gasteiger partial charge in [0.05, 0.1) is 12.0 Å². The van der Waals surface area contributed by atoms with Crippen molar-refractivity contribution < 1.29 is 43.4 Å². The molecule has 2 unspecified atom stereocenters. The molecule has 0 aliphatic carbocycles. The lowest BCUT2D eigenvalue weighted by molar-refractivity contribution is -0.143. The van der Waals surface area contributed by atoms with E-state index < -0.39 is 89.6 Å². The summed E-state index contributed by atoms with van der Waals surface area (Å²) >= 11 is 0. The summed E-state index contributed by atoms with van der Waals surface area (Å²) in [5.41, 5.74) is 9.66. The van der Waals surface area contributed by atoms with E-state index in [2.05, 4.69) is 31.9 Å². The Morgan fingerprint density at radius 3 is 1.83 bits per heavy atom. The SMILES string of the molecule is NCCCC[C@@H]1NC(=O)[C@@H](CC2C(=O)Nc3ccccc32)NC(=O)[C@H](c2ccccc2)NC(=O)[C@@H]2CC(O)CN2C(=O)[C@H](Cc2ccccc2)NC(=O)[C@H](Cc2ccc(OCc3ccccc3)cc2)NC1=O. The van der Waals surface area contributed by atoms with Crippen LogP contribution in [0.25, 0.3) is 0 Å². The van der Waals surface area contributed by atoms with Gasteiger partial charge in [-0.1, -0.05) is 121 Å². The Kier molecular flexibility index (Phi) is 16.7. The van der Waals surface area contributed by atoms with Crippen LogP contribution >= 0.6 is 0 Å². The number of nitrogens with two attached hydrogens (primary N) is 1. The normalized spacial score (nSPS) is 24.0. The number of benzene rings is 5. The first-order valence-corrected chi connectivity index (χ1v) is 24.4. The van der Waals surface area contributed by atoms with Crippen molar-refractivity contribution in [2.24, 2.45) is 5.73 Å². The van der Waals surface area contributed by atoms with Gasteiger partial charge in [0.15, 0.2) is 0 Å². The number of carbonyl (C=O) groups is 7. The molecule has 0 aromatic heterocycles. The zero-order valence-corrected chi connectivity index (χ0v) is 39.7. The number of ether oxygens (including phenoxy) is 1. The minimum Gasteiger partial charge on any atom is -0.489 e. The summed E-state index contributed by atoms with van der Waals surface area (Å²) in [5.74, 6) is -5.21. The van der Waals surface area contributed by atoms with Crippen molar-refractivity contribution in [3.05, 3.63) is 167 Å². The largest absolute Gasteiger partial charge is 0.489 e. The highest BCUT2D eigenvalue weighted by Gasteiger charge is 2.44. The lowest BCUT2D eigenvalue weighted by Gasteiger charge is -2.32. The molecule has 3 heterocycles. The van der Waals surface area contributed by atoms with Crippen LogP contribution in [0.2, 0.25) is 0 Å². The summed E-state index contributed by atoms with van der Waals surface area (Å²) < 4.78 is 6.00. The molecule has 3 aliphatic rings. The van der Waals surface area contributed by atoms with Gasteiger partial charge in [-0.25, -0.2) is 0 Å². The molecule has 72 heavy (non-hydrogen) atoms. The first kappa shape index (κ1) is 50.5. The van der Waals surface area contributed by atoms with Gasteiger partial charge < -0.3 is 52.4 Å². The number of hydrogen-bond acceptors (Lipinski definition) is 10. The van der Waals surface area contributed by atoms with E-state index >= 15 is 0 Å². The monoisotopic (exact) mass is 976 g/mol. The molecule has 5 aromatic rings. The molecule has 0 spiro atoms. The Labute approximate surface area is 417 Å². The molecule has 9 N–H and O–H groups in total. The molecule has 7 amide bonds. The molecule has 0 radical (unpaired) electrons. The molecular weight excluding hydrogens is 917 g/mol. The Morgan fingerprint density at radius 1 is 0.556 bits per heavy atom. The maximum atomic E-state index is 14.9. The second-order valence-corrected chi connectivity index (χ2v) is 18.5. The fourth-order valence-electron chi connectivity index (χ4n) is 9.46. The molecule has 17 nitrogen and oxygen atoms in total. The highest BCUT2D eigenvalue weighted by molar-refractivity contribution is 6.04. The third kappa shape index (κ3) is 12.7. The summed E-state index contributed by atoms with van der Waals surface area (Å²) in [7, 11) is 0. The van der Waals surface area contributed by atoms with E-state index in [1.54, 1.807) is 103 Å². The highest BCUT2D eigenvalue weighted by Crippen LogP contribution is 2.35. The maximum Gasteiger partial charge on any atom is 0.247 e. The van der Waals surface area contributed by atoms with Crippen LogP contribution in [-0.4, -0.2) is 101 Å². The average Bonchev–Trinajstić information content (AvgIpc) is 3.95. The van der Waals surface area contributed by atoms with Crippen LogP contribution in [0.1, 0.15) is 71.9 Å². The lowest BCUT2D eigenvalue weighted by atomic mass is 9.92. The van der Waals surface area contributed by atoms with Crippen LogP contribution in [0.3, 0.4) is 0 Å². The summed E-state index contributed by atoms with van der Waals surface area (Å²) in [5, 5.41) is 28.1. The van der Waals surface area contributed by atoms with Crippen molar-refractivity contribution in [1.82, 2.24) is 31.5 Å². The van der Waals surface area contributed by atoms with Crippen molar-refractivity contribution in [2.75, 3.05) is 18.4 Å². The van der Waals surface area contributed by atoms with Gasteiger partial charge in [-0.05, 0) is 78.2 Å². The van der Waals surface area contributed by atoms with E-state index in [9.17, 15) is 38.7 Å². The average molecular weight is 977 g/mol. The van der Waals surface area contributed by atoms with Crippen LogP contribution in [-0.2, 0) is 53.0 Å². The number of unbranched alkanes of at least 4 members (excludes halogenated alkanes) is 1.